The van der Waals surface area contributed by atoms with Gasteiger partial charge in [-0.05, 0) is 82.2 Å². The summed E-state index contributed by atoms with van der Waals surface area (Å²) in [6.07, 6.45) is 5.51. The second-order valence-corrected chi connectivity index (χ2v) is 13.2. The van der Waals surface area contributed by atoms with E-state index in [4.69, 9.17) is 14.5 Å². The summed E-state index contributed by atoms with van der Waals surface area (Å²) in [7, 11) is 4.08. The van der Waals surface area contributed by atoms with Gasteiger partial charge in [-0.25, -0.2) is 14.8 Å². The summed E-state index contributed by atoms with van der Waals surface area (Å²) in [5, 5.41) is 8.86. The van der Waals surface area contributed by atoms with E-state index < -0.39 is 5.97 Å². The lowest BCUT2D eigenvalue weighted by Gasteiger charge is -2.31. The molecule has 1 atom stereocenters. The summed E-state index contributed by atoms with van der Waals surface area (Å²) < 4.78 is 13.0. The van der Waals surface area contributed by atoms with Crippen molar-refractivity contribution < 1.29 is 19.1 Å². The molecule has 46 heavy (non-hydrogen) atoms. The van der Waals surface area contributed by atoms with Crippen LogP contribution < -0.4 is 20.7 Å². The fourth-order valence-corrected chi connectivity index (χ4v) is 6.87. The van der Waals surface area contributed by atoms with Crippen LogP contribution in [0.4, 0.5) is 11.4 Å². The van der Waals surface area contributed by atoms with E-state index in [0.29, 0.717) is 41.9 Å². The lowest BCUT2D eigenvalue weighted by atomic mass is 10.1. The Balaban J connectivity index is 1.12. The number of benzene rings is 2. The van der Waals surface area contributed by atoms with E-state index in [2.05, 4.69) is 49.7 Å². The first-order chi connectivity index (χ1) is 22.3. The predicted octanol–water partition coefficient (Wildman–Crippen LogP) is 5.28. The molecule has 2 aromatic carbocycles. The molecule has 1 aliphatic rings. The number of aromatic nitrogens is 3. The van der Waals surface area contributed by atoms with Gasteiger partial charge in [-0.15, -0.1) is 21.0 Å². The Hall–Kier alpha value is -3.92. The minimum Gasteiger partial charge on any atom is -0.487 e. The van der Waals surface area contributed by atoms with Crippen LogP contribution in [0.3, 0.4) is 0 Å². The van der Waals surface area contributed by atoms with E-state index in [1.807, 2.05) is 34.9 Å². The number of carbonyl (C=O) groups is 2. The van der Waals surface area contributed by atoms with Crippen molar-refractivity contribution in [3.05, 3.63) is 89.6 Å². The molecule has 242 valence electrons. The van der Waals surface area contributed by atoms with E-state index in [1.165, 1.54) is 12.7 Å². The molecule has 0 radical (unpaired) electrons. The Morgan fingerprint density at radius 1 is 1.09 bits per heavy atom. The van der Waals surface area contributed by atoms with Gasteiger partial charge in [0.2, 0.25) is 5.91 Å². The molecular weight excluding hydrogens is 619 g/mol. The van der Waals surface area contributed by atoms with Gasteiger partial charge in [0, 0.05) is 23.3 Å². The maximum atomic E-state index is 13.1. The summed E-state index contributed by atoms with van der Waals surface area (Å²) >= 11 is 1.79. The Labute approximate surface area is 276 Å². The molecule has 1 fully saturated rings. The van der Waals surface area contributed by atoms with Gasteiger partial charge >= 0.3 is 5.97 Å². The number of thioether (sulfide) groups is 1. The zero-order valence-electron chi connectivity index (χ0n) is 26.5. The lowest BCUT2D eigenvalue weighted by molar-refractivity contribution is -0.117. The number of piperidine rings is 1. The van der Waals surface area contributed by atoms with Gasteiger partial charge in [-0.3, -0.25) is 9.69 Å². The standard InChI is InChI=1S/C34H41N6O4PS/c1-4-40-22-35-18-26(40)19-36-29-17-24(34(42)43-3)9-10-28(29)38-32(41)20-39-14-12-27(13-15-39)46-33-7-5-6-25(37-33)21-44-30-11-8-23(2)16-31(30)45/h5-11,16-18,22,27,36H,4,12-15,19-21,45H2,1-3H3,(H,38,41). The molecule has 2 N–H and O–H groups in total. The maximum absolute atomic E-state index is 13.1. The number of likely N-dealkylation sites (tertiary alicyclic amines) is 1. The number of anilines is 2. The van der Waals surface area contributed by atoms with Crippen LogP contribution in [0.25, 0.3) is 0 Å². The fraction of sp³-hybridized carbons (Fsp3) is 0.353. The molecule has 0 bridgehead atoms. The van der Waals surface area contributed by atoms with Crippen molar-refractivity contribution >= 4 is 49.6 Å². The van der Waals surface area contributed by atoms with E-state index >= 15 is 0 Å². The van der Waals surface area contributed by atoms with Crippen molar-refractivity contribution in [2.75, 3.05) is 37.4 Å². The zero-order chi connectivity index (χ0) is 32.5. The van der Waals surface area contributed by atoms with Gasteiger partial charge < -0.3 is 24.7 Å². The van der Waals surface area contributed by atoms with E-state index in [-0.39, 0.29) is 5.91 Å². The van der Waals surface area contributed by atoms with Gasteiger partial charge in [0.25, 0.3) is 0 Å². The summed E-state index contributed by atoms with van der Waals surface area (Å²) in [6, 6.07) is 17.3. The number of nitrogens with one attached hydrogen (secondary N) is 2. The SMILES string of the molecule is CCn1cncc1CNc1cc(C(=O)OC)ccc1NC(=O)CN1CCC(Sc2cccc(COc3ccc(C)cc3P)n2)CC1. The molecule has 0 saturated carbocycles. The molecule has 4 aromatic rings. The first-order valence-corrected chi connectivity index (χ1v) is 16.9. The van der Waals surface area contributed by atoms with Gasteiger partial charge in [0.15, 0.2) is 0 Å². The smallest absolute Gasteiger partial charge is 0.337 e. The van der Waals surface area contributed by atoms with Crippen LogP contribution in [0, 0.1) is 6.92 Å². The molecule has 0 aliphatic carbocycles. The number of hydrogen-bond donors (Lipinski definition) is 2. The number of rotatable bonds is 13. The molecule has 1 saturated heterocycles. The number of amides is 1. The van der Waals surface area contributed by atoms with Crippen LogP contribution in [-0.4, -0.2) is 63.3 Å². The minimum absolute atomic E-state index is 0.102. The van der Waals surface area contributed by atoms with Crippen molar-refractivity contribution in [2.24, 2.45) is 0 Å². The topological polar surface area (TPSA) is 111 Å². The number of aryl methyl sites for hydroxylation is 2. The predicted molar refractivity (Wildman–Crippen MR) is 186 cm³/mol. The quantitative estimate of drug-likeness (QED) is 0.146. The number of carbonyl (C=O) groups excluding carboxylic acids is 2. The van der Waals surface area contributed by atoms with Crippen molar-refractivity contribution in [3.63, 3.8) is 0 Å². The second-order valence-electron chi connectivity index (χ2n) is 11.2. The minimum atomic E-state index is -0.438. The summed E-state index contributed by atoms with van der Waals surface area (Å²) in [5.74, 6) is 0.305. The number of nitrogens with zero attached hydrogens (tertiary/aromatic N) is 4. The molecule has 1 amide bonds. The van der Waals surface area contributed by atoms with Gasteiger partial charge in [-0.2, -0.15) is 0 Å². The molecule has 2 aromatic heterocycles. The number of pyridine rings is 1. The van der Waals surface area contributed by atoms with Crippen molar-refractivity contribution in [1.29, 1.82) is 0 Å². The van der Waals surface area contributed by atoms with Crippen molar-refractivity contribution in [3.8, 4) is 5.75 Å². The van der Waals surface area contributed by atoms with Crippen LogP contribution in [0.1, 0.15) is 47.1 Å². The molecule has 0 spiro atoms. The normalized spacial score (nSPS) is 13.7. The fourth-order valence-electron chi connectivity index (χ4n) is 5.31. The maximum Gasteiger partial charge on any atom is 0.337 e. The number of imidazole rings is 1. The Morgan fingerprint density at radius 3 is 2.67 bits per heavy atom. The van der Waals surface area contributed by atoms with E-state index in [0.717, 1.165) is 59.9 Å². The summed E-state index contributed by atoms with van der Waals surface area (Å²) in [5.41, 5.74) is 4.74. The number of hydrogen-bond acceptors (Lipinski definition) is 9. The van der Waals surface area contributed by atoms with Crippen LogP contribution in [-0.2, 0) is 29.2 Å². The molecule has 1 aliphatic heterocycles. The number of ether oxygens (including phenoxy) is 2. The van der Waals surface area contributed by atoms with E-state index in [1.54, 1.807) is 42.5 Å². The largest absolute Gasteiger partial charge is 0.487 e. The Bertz CT molecular complexity index is 1660. The average molecular weight is 661 g/mol. The van der Waals surface area contributed by atoms with Crippen LogP contribution in [0.2, 0.25) is 0 Å². The van der Waals surface area contributed by atoms with E-state index in [9.17, 15) is 9.59 Å². The highest BCUT2D eigenvalue weighted by molar-refractivity contribution is 7.99. The summed E-state index contributed by atoms with van der Waals surface area (Å²) in [4.78, 5) is 36.6. The van der Waals surface area contributed by atoms with Crippen LogP contribution in [0.15, 0.2) is 72.1 Å². The summed E-state index contributed by atoms with van der Waals surface area (Å²) in [6.45, 7) is 7.76. The van der Waals surface area contributed by atoms with Gasteiger partial charge in [0.05, 0.1) is 59.9 Å². The highest BCUT2D eigenvalue weighted by Gasteiger charge is 2.23. The number of esters is 1. The highest BCUT2D eigenvalue weighted by Crippen LogP contribution is 2.30. The lowest BCUT2D eigenvalue weighted by Crippen LogP contribution is -2.40. The van der Waals surface area contributed by atoms with Gasteiger partial charge in [0.1, 0.15) is 12.4 Å². The highest BCUT2D eigenvalue weighted by atomic mass is 32.2. The third-order valence-electron chi connectivity index (χ3n) is 7.83. The van der Waals surface area contributed by atoms with Crippen LogP contribution >= 0.6 is 21.0 Å². The molecule has 10 nitrogen and oxygen atoms in total. The first kappa shape index (κ1) is 33.4. The zero-order valence-corrected chi connectivity index (χ0v) is 28.5. The van der Waals surface area contributed by atoms with Crippen molar-refractivity contribution in [2.45, 2.75) is 56.7 Å². The average Bonchev–Trinajstić information content (AvgIpc) is 3.52. The molecule has 12 heteroatoms. The van der Waals surface area contributed by atoms with Gasteiger partial charge in [-0.1, -0.05) is 17.7 Å². The first-order valence-electron chi connectivity index (χ1n) is 15.4. The van der Waals surface area contributed by atoms with Crippen LogP contribution in [0.5, 0.6) is 5.75 Å². The monoisotopic (exact) mass is 660 g/mol. The van der Waals surface area contributed by atoms with Crippen molar-refractivity contribution in [1.82, 2.24) is 19.4 Å². The Kier molecular flexibility index (Phi) is 11.7. The third kappa shape index (κ3) is 9.09. The third-order valence-corrected chi connectivity index (χ3v) is 9.55. The Morgan fingerprint density at radius 2 is 1.91 bits per heavy atom. The molecule has 1 unspecified atom stereocenters. The molecule has 5 rings (SSSR count). The molecular formula is C34H41N6O4PS. The number of methoxy groups -OCH3 is 1. The molecule has 3 heterocycles. The second kappa shape index (κ2) is 16.1.